The number of aromatic nitrogens is 2. The van der Waals surface area contributed by atoms with Crippen molar-refractivity contribution in [1.82, 2.24) is 9.71 Å². The minimum absolute atomic E-state index is 0.763. The average Bonchev–Trinajstić information content (AvgIpc) is 2.47. The normalized spacial score (nSPS) is 10.2. The van der Waals surface area contributed by atoms with Crippen LogP contribution in [-0.2, 0) is 0 Å². The maximum absolute atomic E-state index is 9.29. The zero-order valence-electron chi connectivity index (χ0n) is 7.56. The van der Waals surface area contributed by atoms with Crippen LogP contribution in [0.4, 0.5) is 5.82 Å². The van der Waals surface area contributed by atoms with Crippen LogP contribution in [0.25, 0.3) is 0 Å². The zero-order valence-corrected chi connectivity index (χ0v) is 7.56. The highest BCUT2D eigenvalue weighted by molar-refractivity contribution is 5.35. The monoisotopic (exact) mass is 169 g/mol. The summed E-state index contributed by atoms with van der Waals surface area (Å²) in [5.74, 6) is 0.763. The van der Waals surface area contributed by atoms with Crippen LogP contribution < -0.4 is 4.90 Å². The molecule has 1 N–H and O–H groups in total. The minimum Gasteiger partial charge on any atom is -0.425 e. The van der Waals surface area contributed by atoms with Crippen molar-refractivity contribution in [3.05, 3.63) is 12.5 Å². The molecule has 0 aromatic carbocycles. The maximum Gasteiger partial charge on any atom is 0.165 e. The molecule has 1 rings (SSSR count). The van der Waals surface area contributed by atoms with Gasteiger partial charge in [-0.15, -0.1) is 0 Å². The lowest BCUT2D eigenvalue weighted by Crippen LogP contribution is -2.25. The fourth-order valence-electron chi connectivity index (χ4n) is 1.21. The molecular weight excluding hydrogens is 154 g/mol. The Labute approximate surface area is 72.4 Å². The molecule has 0 fully saturated rings. The van der Waals surface area contributed by atoms with Gasteiger partial charge in [0.2, 0.25) is 0 Å². The van der Waals surface area contributed by atoms with Gasteiger partial charge in [0.15, 0.2) is 5.82 Å². The first kappa shape index (κ1) is 8.90. The smallest absolute Gasteiger partial charge is 0.165 e. The molecule has 68 valence electrons. The molecule has 0 aliphatic heterocycles. The van der Waals surface area contributed by atoms with Crippen LogP contribution in [0.3, 0.4) is 0 Å². The minimum atomic E-state index is 0.763. The summed E-state index contributed by atoms with van der Waals surface area (Å²) in [6, 6.07) is 0. The van der Waals surface area contributed by atoms with Crippen LogP contribution in [0.15, 0.2) is 12.5 Å². The standard InChI is InChI=1S/C8H15N3O/c1-3-5-10(4-2)8-6-9-7-11(8)12/h6-7,12H,3-5H2,1-2H3. The molecule has 0 aliphatic carbocycles. The van der Waals surface area contributed by atoms with E-state index in [-0.39, 0.29) is 0 Å². The molecule has 4 heteroatoms. The van der Waals surface area contributed by atoms with Crippen molar-refractivity contribution >= 4 is 5.82 Å². The van der Waals surface area contributed by atoms with E-state index < -0.39 is 0 Å². The van der Waals surface area contributed by atoms with Gasteiger partial charge in [-0.3, -0.25) is 0 Å². The van der Waals surface area contributed by atoms with Crippen molar-refractivity contribution in [1.29, 1.82) is 0 Å². The zero-order chi connectivity index (χ0) is 8.97. The summed E-state index contributed by atoms with van der Waals surface area (Å²) in [5.41, 5.74) is 0. The summed E-state index contributed by atoms with van der Waals surface area (Å²) in [4.78, 5) is 5.92. The molecule has 0 spiro atoms. The van der Waals surface area contributed by atoms with Crippen LogP contribution >= 0.6 is 0 Å². The van der Waals surface area contributed by atoms with Gasteiger partial charge < -0.3 is 10.1 Å². The number of hydrogen-bond donors (Lipinski definition) is 1. The highest BCUT2D eigenvalue weighted by Crippen LogP contribution is 2.10. The molecule has 0 saturated carbocycles. The maximum atomic E-state index is 9.29. The van der Waals surface area contributed by atoms with Gasteiger partial charge in [-0.05, 0) is 13.3 Å². The molecule has 4 nitrogen and oxygen atoms in total. The summed E-state index contributed by atoms with van der Waals surface area (Å²) in [7, 11) is 0. The fraction of sp³-hybridized carbons (Fsp3) is 0.625. The van der Waals surface area contributed by atoms with E-state index in [1.165, 1.54) is 6.33 Å². The third kappa shape index (κ3) is 1.69. The molecular formula is C8H15N3O. The van der Waals surface area contributed by atoms with Crippen molar-refractivity contribution in [2.24, 2.45) is 0 Å². The van der Waals surface area contributed by atoms with Gasteiger partial charge in [-0.1, -0.05) is 6.92 Å². The number of imidazole rings is 1. The number of hydrogen-bond acceptors (Lipinski definition) is 3. The lowest BCUT2D eigenvalue weighted by molar-refractivity contribution is 0.188. The predicted molar refractivity (Wildman–Crippen MR) is 47.6 cm³/mol. The van der Waals surface area contributed by atoms with Gasteiger partial charge >= 0.3 is 0 Å². The van der Waals surface area contributed by atoms with E-state index >= 15 is 0 Å². The van der Waals surface area contributed by atoms with E-state index in [2.05, 4.69) is 23.7 Å². The molecule has 0 amide bonds. The fourth-order valence-corrected chi connectivity index (χ4v) is 1.21. The van der Waals surface area contributed by atoms with Crippen molar-refractivity contribution in [2.45, 2.75) is 20.3 Å². The van der Waals surface area contributed by atoms with Crippen LogP contribution in [0.5, 0.6) is 0 Å². The molecule has 1 aromatic rings. The largest absolute Gasteiger partial charge is 0.425 e. The molecule has 1 aromatic heterocycles. The molecule has 0 radical (unpaired) electrons. The summed E-state index contributed by atoms with van der Waals surface area (Å²) in [5, 5.41) is 9.29. The number of rotatable bonds is 4. The van der Waals surface area contributed by atoms with E-state index in [0.717, 1.165) is 30.1 Å². The van der Waals surface area contributed by atoms with Crippen molar-refractivity contribution < 1.29 is 5.21 Å². The predicted octanol–water partition coefficient (Wildman–Crippen LogP) is 1.36. The molecule has 0 atom stereocenters. The molecule has 12 heavy (non-hydrogen) atoms. The summed E-state index contributed by atoms with van der Waals surface area (Å²) in [6.45, 7) is 6.01. The summed E-state index contributed by atoms with van der Waals surface area (Å²) in [6.07, 6.45) is 4.13. The van der Waals surface area contributed by atoms with E-state index in [4.69, 9.17) is 0 Å². The van der Waals surface area contributed by atoms with Crippen LogP contribution in [-0.4, -0.2) is 28.0 Å². The third-order valence-corrected chi connectivity index (χ3v) is 1.80. The Morgan fingerprint density at radius 2 is 2.33 bits per heavy atom. The summed E-state index contributed by atoms with van der Waals surface area (Å²) >= 11 is 0. The van der Waals surface area contributed by atoms with Crippen molar-refractivity contribution in [3.63, 3.8) is 0 Å². The first-order chi connectivity index (χ1) is 5.79. The van der Waals surface area contributed by atoms with E-state index in [1.807, 2.05) is 0 Å². The quantitative estimate of drug-likeness (QED) is 0.692. The van der Waals surface area contributed by atoms with Gasteiger partial charge in [0.25, 0.3) is 0 Å². The average molecular weight is 169 g/mol. The highest BCUT2D eigenvalue weighted by atomic mass is 16.5. The Kier molecular flexibility index (Phi) is 2.96. The molecule has 1 heterocycles. The second-order valence-corrected chi connectivity index (χ2v) is 2.68. The van der Waals surface area contributed by atoms with Crippen LogP contribution in [0.2, 0.25) is 0 Å². The van der Waals surface area contributed by atoms with Gasteiger partial charge in [0.1, 0.15) is 6.33 Å². The Morgan fingerprint density at radius 1 is 1.58 bits per heavy atom. The first-order valence-corrected chi connectivity index (χ1v) is 4.26. The van der Waals surface area contributed by atoms with Gasteiger partial charge in [-0.25, -0.2) is 4.98 Å². The Hall–Kier alpha value is -1.19. The molecule has 0 bridgehead atoms. The number of nitrogens with zero attached hydrogens (tertiary/aromatic N) is 3. The van der Waals surface area contributed by atoms with Gasteiger partial charge in [-0.2, -0.15) is 4.73 Å². The Morgan fingerprint density at radius 3 is 2.75 bits per heavy atom. The van der Waals surface area contributed by atoms with Crippen LogP contribution in [0.1, 0.15) is 20.3 Å². The van der Waals surface area contributed by atoms with E-state index in [0.29, 0.717) is 0 Å². The van der Waals surface area contributed by atoms with Gasteiger partial charge in [0, 0.05) is 13.1 Å². The topological polar surface area (TPSA) is 41.3 Å². The lowest BCUT2D eigenvalue weighted by Gasteiger charge is -2.20. The summed E-state index contributed by atoms with van der Waals surface area (Å²) < 4.78 is 1.05. The molecule has 0 saturated heterocycles. The molecule has 0 aliphatic rings. The Balaban J connectivity index is 2.72. The van der Waals surface area contributed by atoms with E-state index in [9.17, 15) is 5.21 Å². The van der Waals surface area contributed by atoms with Crippen LogP contribution in [0, 0.1) is 0 Å². The third-order valence-electron chi connectivity index (χ3n) is 1.80. The highest BCUT2D eigenvalue weighted by Gasteiger charge is 2.07. The SMILES string of the molecule is CCCN(CC)c1cncn1O. The second-order valence-electron chi connectivity index (χ2n) is 2.68. The van der Waals surface area contributed by atoms with Gasteiger partial charge in [0.05, 0.1) is 6.20 Å². The Bertz CT molecular complexity index is 234. The molecule has 0 unspecified atom stereocenters. The van der Waals surface area contributed by atoms with Crippen molar-refractivity contribution in [2.75, 3.05) is 18.0 Å². The lowest BCUT2D eigenvalue weighted by atomic mass is 10.4. The van der Waals surface area contributed by atoms with Crippen molar-refractivity contribution in [3.8, 4) is 0 Å². The first-order valence-electron chi connectivity index (χ1n) is 4.26. The van der Waals surface area contributed by atoms with E-state index in [1.54, 1.807) is 6.20 Å². The number of anilines is 1. The second kappa shape index (κ2) is 3.99.